The zero-order chi connectivity index (χ0) is 18.6. The first-order valence-electron chi connectivity index (χ1n) is 10.1. The third-order valence-corrected chi connectivity index (χ3v) is 5.93. The summed E-state index contributed by atoms with van der Waals surface area (Å²) in [7, 11) is 0. The molecule has 0 radical (unpaired) electrons. The Labute approximate surface area is 173 Å². The average molecular weight is 401 g/mol. The largest absolute Gasteiger partial charge is 0.481 e. The van der Waals surface area contributed by atoms with Gasteiger partial charge in [-0.1, -0.05) is 48.9 Å². The van der Waals surface area contributed by atoms with Crippen molar-refractivity contribution in [3.63, 3.8) is 0 Å². The number of hydrogen-bond donors (Lipinski definition) is 1. The zero-order valence-corrected chi connectivity index (χ0v) is 17.0. The van der Waals surface area contributed by atoms with Crippen molar-refractivity contribution in [1.82, 2.24) is 4.90 Å². The summed E-state index contributed by atoms with van der Waals surface area (Å²) in [5, 5.41) is 8.77. The molecule has 0 aromatic heterocycles. The molecule has 150 valence electrons. The van der Waals surface area contributed by atoms with E-state index in [1.165, 1.54) is 22.4 Å². The van der Waals surface area contributed by atoms with Gasteiger partial charge < -0.3 is 10.0 Å². The standard InChI is InChI=1S/C23H28N2O2.ClH/c26-23(27)12-2-1-7-13-24-14-15-25-21-11-6-4-9-19(21)16-18-8-3-5-10-20(18)22(25)17-24;/h3-6,8-11,22H,1-2,7,12-17H2,(H,26,27);1H. The molecule has 0 amide bonds. The Hall–Kier alpha value is -2.04. The number of hydrogen-bond acceptors (Lipinski definition) is 3. The monoisotopic (exact) mass is 400 g/mol. The molecule has 0 saturated carbocycles. The summed E-state index contributed by atoms with van der Waals surface area (Å²) in [5.41, 5.74) is 5.72. The molecule has 1 N–H and O–H groups in total. The Morgan fingerprint density at radius 3 is 2.54 bits per heavy atom. The van der Waals surface area contributed by atoms with Crippen molar-refractivity contribution in [2.45, 2.75) is 38.1 Å². The van der Waals surface area contributed by atoms with Crippen LogP contribution in [-0.2, 0) is 11.2 Å². The summed E-state index contributed by atoms with van der Waals surface area (Å²) in [6.45, 7) is 4.23. The second-order valence-corrected chi connectivity index (χ2v) is 7.72. The number of aliphatic carboxylic acids is 1. The van der Waals surface area contributed by atoms with Gasteiger partial charge in [0.15, 0.2) is 0 Å². The first-order chi connectivity index (χ1) is 13.2. The number of carboxylic acid groups (broad SMARTS) is 1. The molecule has 2 aliphatic heterocycles. The van der Waals surface area contributed by atoms with E-state index in [9.17, 15) is 4.79 Å². The molecule has 28 heavy (non-hydrogen) atoms. The van der Waals surface area contributed by atoms with Crippen LogP contribution in [0.3, 0.4) is 0 Å². The van der Waals surface area contributed by atoms with Gasteiger partial charge >= 0.3 is 5.97 Å². The van der Waals surface area contributed by atoms with Crippen LogP contribution in [0.25, 0.3) is 0 Å². The Balaban J connectivity index is 0.00000225. The van der Waals surface area contributed by atoms with Gasteiger partial charge in [0.05, 0.1) is 6.04 Å². The van der Waals surface area contributed by atoms with Crippen LogP contribution < -0.4 is 4.90 Å². The topological polar surface area (TPSA) is 43.8 Å². The smallest absolute Gasteiger partial charge is 0.303 e. The van der Waals surface area contributed by atoms with E-state index in [1.54, 1.807) is 0 Å². The molecule has 4 rings (SSSR count). The van der Waals surface area contributed by atoms with Crippen molar-refractivity contribution in [3.05, 3.63) is 65.2 Å². The van der Waals surface area contributed by atoms with Crippen LogP contribution in [0.15, 0.2) is 48.5 Å². The van der Waals surface area contributed by atoms with E-state index < -0.39 is 5.97 Å². The summed E-state index contributed by atoms with van der Waals surface area (Å²) in [6, 6.07) is 18.1. The number of anilines is 1. The SMILES string of the molecule is Cl.O=C(O)CCCCCN1CCN2c3ccccc3Cc3ccccc3C2C1. The van der Waals surface area contributed by atoms with Crippen molar-refractivity contribution < 1.29 is 9.90 Å². The fourth-order valence-corrected chi connectivity index (χ4v) is 4.55. The molecule has 2 heterocycles. The number of piperazine rings is 1. The molecule has 5 heteroatoms. The summed E-state index contributed by atoms with van der Waals surface area (Å²) in [6.07, 6.45) is 4.17. The molecule has 0 spiro atoms. The molecule has 0 bridgehead atoms. The van der Waals surface area contributed by atoms with Crippen LogP contribution in [0.1, 0.15) is 48.4 Å². The highest BCUT2D eigenvalue weighted by Gasteiger charge is 2.32. The predicted molar refractivity (Wildman–Crippen MR) is 116 cm³/mol. The molecular weight excluding hydrogens is 372 g/mol. The van der Waals surface area contributed by atoms with Crippen molar-refractivity contribution in [1.29, 1.82) is 0 Å². The van der Waals surface area contributed by atoms with E-state index >= 15 is 0 Å². The van der Waals surface area contributed by atoms with Crippen molar-refractivity contribution in [2.24, 2.45) is 0 Å². The van der Waals surface area contributed by atoms with Crippen LogP contribution in [0, 0.1) is 0 Å². The highest BCUT2D eigenvalue weighted by molar-refractivity contribution is 5.85. The summed E-state index contributed by atoms with van der Waals surface area (Å²) >= 11 is 0. The average Bonchev–Trinajstić information content (AvgIpc) is 2.82. The Kier molecular flexibility index (Phi) is 6.97. The summed E-state index contributed by atoms with van der Waals surface area (Å²) in [4.78, 5) is 15.8. The Morgan fingerprint density at radius 1 is 0.964 bits per heavy atom. The van der Waals surface area contributed by atoms with Crippen LogP contribution >= 0.6 is 12.4 Å². The lowest BCUT2D eigenvalue weighted by molar-refractivity contribution is -0.137. The predicted octanol–water partition coefficient (Wildman–Crippen LogP) is 4.52. The quantitative estimate of drug-likeness (QED) is 0.724. The molecule has 2 aromatic rings. The van der Waals surface area contributed by atoms with Gasteiger partial charge in [0.1, 0.15) is 0 Å². The number of para-hydroxylation sites is 1. The van der Waals surface area contributed by atoms with Crippen LogP contribution in [0.4, 0.5) is 5.69 Å². The van der Waals surface area contributed by atoms with E-state index in [0.29, 0.717) is 12.5 Å². The van der Waals surface area contributed by atoms with Crippen molar-refractivity contribution >= 4 is 24.1 Å². The van der Waals surface area contributed by atoms with Crippen LogP contribution in [0.2, 0.25) is 0 Å². The molecule has 1 atom stereocenters. The van der Waals surface area contributed by atoms with Gasteiger partial charge in [-0.2, -0.15) is 0 Å². The van der Waals surface area contributed by atoms with E-state index in [2.05, 4.69) is 58.3 Å². The molecular formula is C23H29ClN2O2. The van der Waals surface area contributed by atoms with Gasteiger partial charge in [-0.15, -0.1) is 12.4 Å². The normalized spacial score (nSPS) is 18.3. The highest BCUT2D eigenvalue weighted by atomic mass is 35.5. The van der Waals surface area contributed by atoms with Gasteiger partial charge in [-0.3, -0.25) is 9.69 Å². The maximum Gasteiger partial charge on any atom is 0.303 e. The fourth-order valence-electron chi connectivity index (χ4n) is 4.55. The summed E-state index contributed by atoms with van der Waals surface area (Å²) < 4.78 is 0. The number of rotatable bonds is 6. The van der Waals surface area contributed by atoms with Gasteiger partial charge in [0.25, 0.3) is 0 Å². The number of nitrogens with zero attached hydrogens (tertiary/aromatic N) is 2. The van der Waals surface area contributed by atoms with Gasteiger partial charge in [0.2, 0.25) is 0 Å². The maximum atomic E-state index is 10.7. The second-order valence-electron chi connectivity index (χ2n) is 7.72. The Bertz CT molecular complexity index is 811. The van der Waals surface area contributed by atoms with Crippen LogP contribution in [0.5, 0.6) is 0 Å². The number of carbonyl (C=O) groups is 1. The first kappa shape index (κ1) is 20.7. The van der Waals surface area contributed by atoms with E-state index in [1.807, 2.05) is 0 Å². The first-order valence-corrected chi connectivity index (χ1v) is 10.1. The lowest BCUT2D eigenvalue weighted by Gasteiger charge is -2.43. The van der Waals surface area contributed by atoms with Crippen molar-refractivity contribution in [2.75, 3.05) is 31.1 Å². The molecule has 1 fully saturated rings. The van der Waals surface area contributed by atoms with Gasteiger partial charge in [-0.25, -0.2) is 0 Å². The minimum Gasteiger partial charge on any atom is -0.481 e. The lowest BCUT2D eigenvalue weighted by Crippen LogP contribution is -2.48. The van der Waals surface area contributed by atoms with Gasteiger partial charge in [0, 0.05) is 31.7 Å². The molecule has 0 aliphatic carbocycles. The summed E-state index contributed by atoms with van der Waals surface area (Å²) in [5.74, 6) is -0.683. The number of carboxylic acids is 1. The van der Waals surface area contributed by atoms with Gasteiger partial charge in [-0.05, 0) is 48.6 Å². The third kappa shape index (κ3) is 4.50. The second kappa shape index (κ2) is 9.44. The third-order valence-electron chi connectivity index (χ3n) is 5.93. The molecule has 2 aromatic carbocycles. The van der Waals surface area contributed by atoms with Crippen molar-refractivity contribution in [3.8, 4) is 0 Å². The number of benzene rings is 2. The lowest BCUT2D eigenvalue weighted by atomic mass is 9.96. The minimum atomic E-state index is -0.683. The molecule has 4 nitrogen and oxygen atoms in total. The Morgan fingerprint density at radius 2 is 1.71 bits per heavy atom. The maximum absolute atomic E-state index is 10.7. The zero-order valence-electron chi connectivity index (χ0n) is 16.2. The molecule has 1 saturated heterocycles. The van der Waals surface area contributed by atoms with E-state index in [0.717, 1.165) is 51.9 Å². The van der Waals surface area contributed by atoms with E-state index in [4.69, 9.17) is 5.11 Å². The molecule has 2 aliphatic rings. The molecule has 1 unspecified atom stereocenters. The highest BCUT2D eigenvalue weighted by Crippen LogP contribution is 2.39. The van der Waals surface area contributed by atoms with E-state index in [-0.39, 0.29) is 12.4 Å². The number of halogens is 1. The van der Waals surface area contributed by atoms with Crippen LogP contribution in [-0.4, -0.2) is 42.2 Å². The number of fused-ring (bicyclic) bond motifs is 5. The number of unbranched alkanes of at least 4 members (excludes halogenated alkanes) is 2. The minimum absolute atomic E-state index is 0. The fraction of sp³-hybridized carbons (Fsp3) is 0.435.